The van der Waals surface area contributed by atoms with Gasteiger partial charge in [-0.05, 0) is 64.8 Å². The van der Waals surface area contributed by atoms with Gasteiger partial charge in [0.1, 0.15) is 23.2 Å². The van der Waals surface area contributed by atoms with Gasteiger partial charge in [0.2, 0.25) is 5.91 Å². The maximum atomic E-state index is 13.2. The summed E-state index contributed by atoms with van der Waals surface area (Å²) in [5, 5.41) is 6.91. The maximum Gasteiger partial charge on any atom is 0.266 e. The van der Waals surface area contributed by atoms with Gasteiger partial charge in [-0.1, -0.05) is 11.2 Å². The monoisotopic (exact) mass is 470 g/mol. The number of rotatable bonds is 5. The molecule has 0 atom stereocenters. The van der Waals surface area contributed by atoms with Crippen molar-refractivity contribution in [3.8, 4) is 11.3 Å². The number of carbonyl (C=O) groups is 1. The predicted octanol–water partition coefficient (Wildman–Crippen LogP) is 4.29. The molecule has 1 N–H and O–H groups in total. The Morgan fingerprint density at radius 1 is 1.23 bits per heavy atom. The highest BCUT2D eigenvalue weighted by Crippen LogP contribution is 2.25. The fraction of sp³-hybridized carbons (Fsp3) is 0.143. The number of hydrogen-bond donors (Lipinski definition) is 1. The molecule has 0 saturated heterocycles. The molecule has 0 aliphatic carbocycles. The van der Waals surface area contributed by atoms with E-state index in [4.69, 9.17) is 4.52 Å². The van der Waals surface area contributed by atoms with Crippen LogP contribution in [0.25, 0.3) is 22.4 Å². The minimum absolute atomic E-state index is 0.0740. The Kier molecular flexibility index (Phi) is 5.45. The molecule has 0 saturated carbocycles. The van der Waals surface area contributed by atoms with Crippen LogP contribution in [0.5, 0.6) is 0 Å². The number of nitrogens with one attached hydrogen (secondary N) is 1. The Morgan fingerprint density at radius 2 is 2.00 bits per heavy atom. The number of aryl methyl sites for hydroxylation is 2. The van der Waals surface area contributed by atoms with Crippen molar-refractivity contribution >= 4 is 38.6 Å². The Hall–Kier alpha value is -3.33. The highest BCUT2D eigenvalue weighted by atomic mass is 79.9. The van der Waals surface area contributed by atoms with Gasteiger partial charge >= 0.3 is 0 Å². The molecule has 0 unspecified atom stereocenters. The van der Waals surface area contributed by atoms with Crippen molar-refractivity contribution in [1.82, 2.24) is 14.7 Å². The van der Waals surface area contributed by atoms with Gasteiger partial charge in [0.05, 0.1) is 5.69 Å². The molecule has 0 spiro atoms. The van der Waals surface area contributed by atoms with Gasteiger partial charge in [0, 0.05) is 23.0 Å². The zero-order valence-electron chi connectivity index (χ0n) is 15.9. The predicted molar refractivity (Wildman–Crippen MR) is 114 cm³/mol. The van der Waals surface area contributed by atoms with Gasteiger partial charge < -0.3 is 9.84 Å². The third-order valence-corrected chi connectivity index (χ3v) is 5.22. The lowest BCUT2D eigenvalue weighted by atomic mass is 10.1. The zero-order valence-corrected chi connectivity index (χ0v) is 17.4. The number of amides is 1. The number of benzene rings is 2. The third-order valence-electron chi connectivity index (χ3n) is 4.56. The molecule has 7 nitrogen and oxygen atoms in total. The fourth-order valence-electron chi connectivity index (χ4n) is 3.00. The fourth-order valence-corrected chi connectivity index (χ4v) is 3.59. The topological polar surface area (TPSA) is 90.0 Å². The van der Waals surface area contributed by atoms with E-state index in [-0.39, 0.29) is 41.2 Å². The van der Waals surface area contributed by atoms with Crippen LogP contribution in [0.4, 0.5) is 10.1 Å². The van der Waals surface area contributed by atoms with Crippen LogP contribution >= 0.6 is 15.9 Å². The molecule has 2 aromatic carbocycles. The van der Waals surface area contributed by atoms with Crippen molar-refractivity contribution in [3.63, 3.8) is 0 Å². The number of anilines is 1. The number of nitrogens with zero attached hydrogens (tertiary/aromatic N) is 3. The van der Waals surface area contributed by atoms with Gasteiger partial charge in [0.25, 0.3) is 11.3 Å². The smallest absolute Gasteiger partial charge is 0.266 e. The molecule has 0 aliphatic heterocycles. The number of carbonyl (C=O) groups excluding carboxylic acids is 1. The van der Waals surface area contributed by atoms with Crippen molar-refractivity contribution in [1.29, 1.82) is 0 Å². The van der Waals surface area contributed by atoms with Gasteiger partial charge in [-0.3, -0.25) is 14.2 Å². The molecular formula is C21H16BrFN4O3. The van der Waals surface area contributed by atoms with E-state index in [1.807, 2.05) is 25.1 Å². The number of aromatic nitrogens is 3. The molecule has 4 aromatic rings. The van der Waals surface area contributed by atoms with Crippen LogP contribution in [0.1, 0.15) is 12.0 Å². The normalized spacial score (nSPS) is 11.0. The highest BCUT2D eigenvalue weighted by molar-refractivity contribution is 9.10. The van der Waals surface area contributed by atoms with Crippen molar-refractivity contribution < 1.29 is 13.7 Å². The van der Waals surface area contributed by atoms with Crippen LogP contribution in [-0.4, -0.2) is 20.6 Å². The Bertz CT molecular complexity index is 1300. The SMILES string of the molecule is Cc1ccc(NC(=O)CCn2cnc3onc(-c4ccc(F)cc4)c3c2=O)c(Br)c1. The van der Waals surface area contributed by atoms with E-state index < -0.39 is 5.82 Å². The summed E-state index contributed by atoms with van der Waals surface area (Å²) in [5.74, 6) is -0.635. The van der Waals surface area contributed by atoms with Gasteiger partial charge in [-0.25, -0.2) is 9.37 Å². The average Bonchev–Trinajstić information content (AvgIpc) is 3.15. The Morgan fingerprint density at radius 3 is 2.73 bits per heavy atom. The summed E-state index contributed by atoms with van der Waals surface area (Å²) >= 11 is 3.42. The zero-order chi connectivity index (χ0) is 21.3. The molecule has 1 amide bonds. The van der Waals surface area contributed by atoms with E-state index in [1.54, 1.807) is 0 Å². The molecule has 0 aliphatic rings. The van der Waals surface area contributed by atoms with E-state index in [9.17, 15) is 14.0 Å². The van der Waals surface area contributed by atoms with Crippen LogP contribution in [0, 0.1) is 12.7 Å². The number of hydrogen-bond acceptors (Lipinski definition) is 5. The number of fused-ring (bicyclic) bond motifs is 1. The third kappa shape index (κ3) is 4.02. The standard InChI is InChI=1S/C21H16BrFN4O3/c1-12-2-7-16(15(22)10-12)25-17(28)8-9-27-11-24-20-18(21(27)29)19(26-30-20)13-3-5-14(23)6-4-13/h2-7,10-11H,8-9H2,1H3,(H,25,28). The summed E-state index contributed by atoms with van der Waals surface area (Å²) < 4.78 is 20.5. The van der Waals surface area contributed by atoms with Crippen LogP contribution in [0.2, 0.25) is 0 Å². The number of halogens is 2. The lowest BCUT2D eigenvalue weighted by Gasteiger charge is -2.09. The lowest BCUT2D eigenvalue weighted by Crippen LogP contribution is -2.23. The summed E-state index contributed by atoms with van der Waals surface area (Å²) in [6.07, 6.45) is 1.39. The van der Waals surface area contributed by atoms with Crippen LogP contribution < -0.4 is 10.9 Å². The summed E-state index contributed by atoms with van der Waals surface area (Å²) in [6.45, 7) is 2.09. The van der Waals surface area contributed by atoms with Crippen molar-refractivity contribution in [2.45, 2.75) is 19.9 Å². The van der Waals surface area contributed by atoms with Gasteiger partial charge in [-0.2, -0.15) is 0 Å². The quantitative estimate of drug-likeness (QED) is 0.469. The molecule has 9 heteroatoms. The van der Waals surface area contributed by atoms with Crippen LogP contribution in [-0.2, 0) is 11.3 Å². The first-order valence-corrected chi connectivity index (χ1v) is 9.88. The first-order chi connectivity index (χ1) is 14.4. The van der Waals surface area contributed by atoms with E-state index in [0.29, 0.717) is 11.3 Å². The lowest BCUT2D eigenvalue weighted by molar-refractivity contribution is -0.116. The Balaban J connectivity index is 1.55. The first kappa shape index (κ1) is 20.0. The van der Waals surface area contributed by atoms with Crippen molar-refractivity contribution in [3.05, 3.63) is 75.0 Å². The molecule has 2 heterocycles. The van der Waals surface area contributed by atoms with E-state index >= 15 is 0 Å². The van der Waals surface area contributed by atoms with Crippen molar-refractivity contribution in [2.75, 3.05) is 5.32 Å². The highest BCUT2D eigenvalue weighted by Gasteiger charge is 2.17. The van der Waals surface area contributed by atoms with Crippen LogP contribution in [0.15, 0.2) is 62.6 Å². The molecule has 2 aromatic heterocycles. The van der Waals surface area contributed by atoms with Gasteiger partial charge in [-0.15, -0.1) is 0 Å². The van der Waals surface area contributed by atoms with Gasteiger partial charge in [0.15, 0.2) is 0 Å². The van der Waals surface area contributed by atoms with E-state index in [1.165, 1.54) is 35.2 Å². The Labute approximate surface area is 178 Å². The van der Waals surface area contributed by atoms with E-state index in [0.717, 1.165) is 10.0 Å². The molecule has 0 bridgehead atoms. The minimum atomic E-state index is -0.395. The second-order valence-electron chi connectivity index (χ2n) is 6.74. The van der Waals surface area contributed by atoms with Crippen molar-refractivity contribution in [2.24, 2.45) is 0 Å². The van der Waals surface area contributed by atoms with E-state index in [2.05, 4.69) is 31.4 Å². The first-order valence-electron chi connectivity index (χ1n) is 9.09. The summed E-state index contributed by atoms with van der Waals surface area (Å²) in [6, 6.07) is 11.2. The second-order valence-corrected chi connectivity index (χ2v) is 7.60. The molecular weight excluding hydrogens is 455 g/mol. The second kappa shape index (κ2) is 8.19. The molecule has 152 valence electrons. The summed E-state index contributed by atoms with van der Waals surface area (Å²) in [5.41, 5.74) is 2.24. The maximum absolute atomic E-state index is 13.2. The molecule has 30 heavy (non-hydrogen) atoms. The summed E-state index contributed by atoms with van der Waals surface area (Å²) in [4.78, 5) is 29.4. The minimum Gasteiger partial charge on any atom is -0.335 e. The molecule has 0 radical (unpaired) electrons. The molecule has 4 rings (SSSR count). The molecule has 0 fully saturated rings. The largest absolute Gasteiger partial charge is 0.335 e. The summed E-state index contributed by atoms with van der Waals surface area (Å²) in [7, 11) is 0. The van der Waals surface area contributed by atoms with Crippen LogP contribution in [0.3, 0.4) is 0 Å². The average molecular weight is 471 g/mol.